The summed E-state index contributed by atoms with van der Waals surface area (Å²) in [6, 6.07) is 0. The zero-order chi connectivity index (χ0) is 11.3. The summed E-state index contributed by atoms with van der Waals surface area (Å²) in [5.74, 6) is -1.70. The lowest BCUT2D eigenvalue weighted by atomic mass is 10.3. The molecule has 1 rings (SSSR count). The Morgan fingerprint density at radius 3 is 2.87 bits per heavy atom. The molecule has 0 N–H and O–H groups in total. The Balaban J connectivity index is 2.52. The Bertz CT molecular complexity index is 310. The minimum atomic E-state index is -0.895. The van der Waals surface area contributed by atoms with E-state index in [0.717, 1.165) is 17.2 Å². The lowest BCUT2D eigenvalue weighted by Crippen LogP contribution is -2.36. The van der Waals surface area contributed by atoms with Gasteiger partial charge in [0.05, 0.1) is 19.4 Å². The Morgan fingerprint density at radius 1 is 1.60 bits per heavy atom. The second-order valence-corrected chi connectivity index (χ2v) is 2.69. The molecule has 1 saturated heterocycles. The predicted octanol–water partition coefficient (Wildman–Crippen LogP) is 0.0845. The first-order valence-corrected chi connectivity index (χ1v) is 4.47. The first-order valence-electron chi connectivity index (χ1n) is 4.47. The first kappa shape index (κ1) is 11.2. The van der Waals surface area contributed by atoms with Gasteiger partial charge in [0.25, 0.3) is 0 Å². The van der Waals surface area contributed by atoms with Gasteiger partial charge in [-0.15, -0.1) is 0 Å². The first-order chi connectivity index (χ1) is 7.16. The van der Waals surface area contributed by atoms with Gasteiger partial charge in [-0.25, -0.2) is 9.69 Å². The third-order valence-corrected chi connectivity index (χ3v) is 1.70. The van der Waals surface area contributed by atoms with Crippen molar-refractivity contribution in [2.24, 2.45) is 0 Å². The fraction of sp³-hybridized carbons (Fsp3) is 0.444. The van der Waals surface area contributed by atoms with Crippen LogP contribution >= 0.6 is 0 Å². The number of ketones is 1. The Morgan fingerprint density at radius 2 is 2.33 bits per heavy atom. The minimum Gasteiger partial charge on any atom is -0.501 e. The smallest absolute Gasteiger partial charge is 0.417 e. The third-order valence-electron chi connectivity index (χ3n) is 1.70. The van der Waals surface area contributed by atoms with E-state index >= 15 is 0 Å². The van der Waals surface area contributed by atoms with Crippen molar-refractivity contribution < 1.29 is 23.9 Å². The zero-order valence-electron chi connectivity index (χ0n) is 8.26. The highest BCUT2D eigenvalue weighted by Crippen LogP contribution is 2.04. The molecule has 1 aliphatic rings. The van der Waals surface area contributed by atoms with Crippen LogP contribution in [0.3, 0.4) is 0 Å². The van der Waals surface area contributed by atoms with Gasteiger partial charge < -0.3 is 9.47 Å². The number of imide groups is 1. The van der Waals surface area contributed by atoms with Gasteiger partial charge in [-0.1, -0.05) is 0 Å². The van der Waals surface area contributed by atoms with E-state index < -0.39 is 17.8 Å². The Kier molecular flexibility index (Phi) is 3.84. The van der Waals surface area contributed by atoms with Crippen molar-refractivity contribution in [1.82, 2.24) is 4.90 Å². The van der Waals surface area contributed by atoms with Gasteiger partial charge in [0, 0.05) is 6.08 Å². The average Bonchev–Trinajstić information content (AvgIpc) is 2.63. The molecular formula is C9H11NO5. The highest BCUT2D eigenvalue weighted by molar-refractivity contribution is 6.42. The Hall–Kier alpha value is -1.85. The fourth-order valence-electron chi connectivity index (χ4n) is 0.988. The van der Waals surface area contributed by atoms with E-state index in [0.29, 0.717) is 6.61 Å². The van der Waals surface area contributed by atoms with Gasteiger partial charge in [-0.3, -0.25) is 9.59 Å². The van der Waals surface area contributed by atoms with Gasteiger partial charge in [0.2, 0.25) is 5.78 Å². The molecule has 1 heterocycles. The molecule has 6 heteroatoms. The van der Waals surface area contributed by atoms with Crippen molar-refractivity contribution in [1.29, 1.82) is 0 Å². The standard InChI is InChI=1S/C9H11NO5/c1-2-14-5-3-7(11)8(12)10-4-6-15-9(10)13/h3,5H,2,4,6H2,1H3/b5-3+. The normalized spacial score (nSPS) is 15.5. The minimum absolute atomic E-state index is 0.117. The van der Waals surface area contributed by atoms with E-state index in [1.807, 2.05) is 0 Å². The molecule has 0 bridgehead atoms. The van der Waals surface area contributed by atoms with Crippen LogP contribution in [0.1, 0.15) is 6.92 Å². The van der Waals surface area contributed by atoms with Crippen LogP contribution in [0.5, 0.6) is 0 Å². The molecule has 0 atom stereocenters. The molecule has 0 aromatic rings. The molecule has 1 aliphatic heterocycles. The molecule has 0 unspecified atom stereocenters. The molecule has 2 amide bonds. The average molecular weight is 213 g/mol. The molecule has 82 valence electrons. The summed E-state index contributed by atoms with van der Waals surface area (Å²) in [5, 5.41) is 0. The number of hydrogen-bond donors (Lipinski definition) is 0. The van der Waals surface area contributed by atoms with Crippen LogP contribution in [0.2, 0.25) is 0 Å². The number of hydrogen-bond acceptors (Lipinski definition) is 5. The van der Waals surface area contributed by atoms with Crippen molar-refractivity contribution in [3.8, 4) is 0 Å². The van der Waals surface area contributed by atoms with Gasteiger partial charge in [0.15, 0.2) is 0 Å². The monoisotopic (exact) mass is 213 g/mol. The molecule has 15 heavy (non-hydrogen) atoms. The van der Waals surface area contributed by atoms with Crippen molar-refractivity contribution >= 4 is 17.8 Å². The van der Waals surface area contributed by atoms with Crippen molar-refractivity contribution in [2.75, 3.05) is 19.8 Å². The van der Waals surface area contributed by atoms with E-state index in [4.69, 9.17) is 4.74 Å². The second kappa shape index (κ2) is 5.14. The lowest BCUT2D eigenvalue weighted by molar-refractivity contribution is -0.139. The highest BCUT2D eigenvalue weighted by atomic mass is 16.6. The maximum atomic E-state index is 11.3. The predicted molar refractivity (Wildman–Crippen MR) is 48.8 cm³/mol. The number of rotatable bonds is 4. The van der Waals surface area contributed by atoms with Gasteiger partial charge in [0.1, 0.15) is 6.61 Å². The summed E-state index contributed by atoms with van der Waals surface area (Å²) in [7, 11) is 0. The SMILES string of the molecule is CCO/C=C/C(=O)C(=O)N1CCOC1=O. The third kappa shape index (κ3) is 2.80. The quantitative estimate of drug-likeness (QED) is 0.376. The number of carbonyl (C=O) groups excluding carboxylic acids is 3. The number of ether oxygens (including phenoxy) is 2. The van der Waals surface area contributed by atoms with Gasteiger partial charge >= 0.3 is 12.0 Å². The number of cyclic esters (lactones) is 1. The molecule has 6 nitrogen and oxygen atoms in total. The molecule has 1 fully saturated rings. The van der Waals surface area contributed by atoms with Crippen molar-refractivity contribution in [3.63, 3.8) is 0 Å². The van der Waals surface area contributed by atoms with Crippen LogP contribution in [0, 0.1) is 0 Å². The largest absolute Gasteiger partial charge is 0.501 e. The second-order valence-electron chi connectivity index (χ2n) is 2.69. The molecule has 0 radical (unpaired) electrons. The van der Waals surface area contributed by atoms with E-state index in [2.05, 4.69) is 4.74 Å². The summed E-state index contributed by atoms with van der Waals surface area (Å²) in [6.45, 7) is 2.40. The van der Waals surface area contributed by atoms with Crippen LogP contribution in [-0.4, -0.2) is 42.4 Å². The van der Waals surface area contributed by atoms with E-state index in [9.17, 15) is 14.4 Å². The summed E-state index contributed by atoms with van der Waals surface area (Å²) >= 11 is 0. The molecule has 0 saturated carbocycles. The lowest BCUT2D eigenvalue weighted by Gasteiger charge is -2.06. The number of amides is 2. The zero-order valence-corrected chi connectivity index (χ0v) is 8.26. The van der Waals surface area contributed by atoms with Gasteiger partial charge in [-0.2, -0.15) is 0 Å². The van der Waals surface area contributed by atoms with Crippen LogP contribution < -0.4 is 0 Å². The fourth-order valence-corrected chi connectivity index (χ4v) is 0.988. The molecular weight excluding hydrogens is 202 g/mol. The summed E-state index contributed by atoms with van der Waals surface area (Å²) in [4.78, 5) is 34.2. The molecule has 0 aliphatic carbocycles. The van der Waals surface area contributed by atoms with Crippen LogP contribution in [0.4, 0.5) is 4.79 Å². The number of carbonyl (C=O) groups is 3. The molecule has 0 spiro atoms. The van der Waals surface area contributed by atoms with Crippen molar-refractivity contribution in [3.05, 3.63) is 12.3 Å². The summed E-state index contributed by atoms with van der Waals surface area (Å²) in [6.07, 6.45) is 1.33. The molecule has 0 aromatic carbocycles. The maximum absolute atomic E-state index is 11.3. The van der Waals surface area contributed by atoms with Gasteiger partial charge in [-0.05, 0) is 6.92 Å². The van der Waals surface area contributed by atoms with E-state index in [1.165, 1.54) is 0 Å². The van der Waals surface area contributed by atoms with Crippen LogP contribution in [-0.2, 0) is 19.1 Å². The Labute approximate surface area is 86.4 Å². The number of nitrogens with zero attached hydrogens (tertiary/aromatic N) is 1. The van der Waals surface area contributed by atoms with Crippen LogP contribution in [0.25, 0.3) is 0 Å². The maximum Gasteiger partial charge on any atom is 0.417 e. The van der Waals surface area contributed by atoms with Crippen molar-refractivity contribution in [2.45, 2.75) is 6.92 Å². The van der Waals surface area contributed by atoms with E-state index in [-0.39, 0.29) is 13.2 Å². The summed E-state index contributed by atoms with van der Waals surface area (Å²) in [5.41, 5.74) is 0. The topological polar surface area (TPSA) is 72.9 Å². The van der Waals surface area contributed by atoms with Crippen LogP contribution in [0.15, 0.2) is 12.3 Å². The summed E-state index contributed by atoms with van der Waals surface area (Å²) < 4.78 is 9.28. The highest BCUT2D eigenvalue weighted by Gasteiger charge is 2.31. The van der Waals surface area contributed by atoms with E-state index in [1.54, 1.807) is 6.92 Å². The molecule has 0 aromatic heterocycles.